The number of likely N-dealkylation sites (tertiary alicyclic amines) is 1. The molecule has 0 radical (unpaired) electrons. The van der Waals surface area contributed by atoms with E-state index in [1.165, 1.54) is 0 Å². The van der Waals surface area contributed by atoms with Crippen molar-refractivity contribution in [3.63, 3.8) is 0 Å². The molecule has 112 valence electrons. The summed E-state index contributed by atoms with van der Waals surface area (Å²) in [5, 5.41) is 3.55. The standard InChI is InChI=1S/C14H24N4O2/c1-3-20-14(19)18-9-5-12(6-10-18)15-7-4-13-16-8-11-17(13)2/h8,11-12,15H,3-7,9-10H2,1-2H3. The SMILES string of the molecule is CCOC(=O)N1CCC(NCCc2nccn2C)CC1. The minimum Gasteiger partial charge on any atom is -0.450 e. The summed E-state index contributed by atoms with van der Waals surface area (Å²) in [4.78, 5) is 17.7. The number of piperidine rings is 1. The van der Waals surface area contributed by atoms with Crippen molar-refractivity contribution in [1.82, 2.24) is 19.8 Å². The van der Waals surface area contributed by atoms with Gasteiger partial charge in [0.05, 0.1) is 6.61 Å². The number of hydrogen-bond donors (Lipinski definition) is 1. The topological polar surface area (TPSA) is 59.4 Å². The van der Waals surface area contributed by atoms with Gasteiger partial charge in [-0.15, -0.1) is 0 Å². The van der Waals surface area contributed by atoms with Crippen LogP contribution in [0.25, 0.3) is 0 Å². The summed E-state index contributed by atoms with van der Waals surface area (Å²) in [7, 11) is 2.01. The van der Waals surface area contributed by atoms with E-state index in [-0.39, 0.29) is 6.09 Å². The van der Waals surface area contributed by atoms with Crippen LogP contribution < -0.4 is 5.32 Å². The third-order valence-corrected chi connectivity index (χ3v) is 3.72. The number of aryl methyl sites for hydroxylation is 1. The Hall–Kier alpha value is -1.56. The molecular formula is C14H24N4O2. The lowest BCUT2D eigenvalue weighted by molar-refractivity contribution is 0.0951. The number of carbonyl (C=O) groups excluding carboxylic acids is 1. The fourth-order valence-corrected chi connectivity index (χ4v) is 2.51. The number of rotatable bonds is 5. The Bertz CT molecular complexity index is 425. The van der Waals surface area contributed by atoms with Crippen LogP contribution in [-0.4, -0.2) is 52.8 Å². The molecule has 1 aliphatic heterocycles. The van der Waals surface area contributed by atoms with Crippen LogP contribution in [0.3, 0.4) is 0 Å². The van der Waals surface area contributed by atoms with E-state index in [1.54, 1.807) is 4.90 Å². The Balaban J connectivity index is 1.65. The van der Waals surface area contributed by atoms with Crippen molar-refractivity contribution in [3.8, 4) is 0 Å². The molecule has 2 heterocycles. The van der Waals surface area contributed by atoms with Crippen molar-refractivity contribution in [3.05, 3.63) is 18.2 Å². The molecule has 0 aromatic carbocycles. The fraction of sp³-hybridized carbons (Fsp3) is 0.714. The predicted octanol–water partition coefficient (Wildman–Crippen LogP) is 1.17. The van der Waals surface area contributed by atoms with Crippen LogP contribution in [0.15, 0.2) is 12.4 Å². The van der Waals surface area contributed by atoms with E-state index in [0.29, 0.717) is 12.6 Å². The monoisotopic (exact) mass is 280 g/mol. The van der Waals surface area contributed by atoms with E-state index >= 15 is 0 Å². The zero-order valence-electron chi connectivity index (χ0n) is 12.3. The first-order chi connectivity index (χ1) is 9.70. The molecule has 0 atom stereocenters. The number of ether oxygens (including phenoxy) is 1. The van der Waals surface area contributed by atoms with Crippen LogP contribution in [-0.2, 0) is 18.2 Å². The second-order valence-electron chi connectivity index (χ2n) is 5.12. The average Bonchev–Trinajstić information content (AvgIpc) is 2.85. The largest absolute Gasteiger partial charge is 0.450 e. The number of aromatic nitrogens is 2. The normalized spacial score (nSPS) is 16.4. The van der Waals surface area contributed by atoms with Crippen LogP contribution in [0.2, 0.25) is 0 Å². The summed E-state index contributed by atoms with van der Waals surface area (Å²) in [5.41, 5.74) is 0. The Morgan fingerprint density at radius 3 is 2.85 bits per heavy atom. The van der Waals surface area contributed by atoms with Crippen molar-refractivity contribution in [2.24, 2.45) is 7.05 Å². The Morgan fingerprint density at radius 1 is 1.50 bits per heavy atom. The van der Waals surface area contributed by atoms with Gasteiger partial charge in [-0.2, -0.15) is 0 Å². The lowest BCUT2D eigenvalue weighted by Crippen LogP contribution is -2.45. The molecule has 2 rings (SSSR count). The van der Waals surface area contributed by atoms with Gasteiger partial charge >= 0.3 is 6.09 Å². The number of nitrogens with zero attached hydrogens (tertiary/aromatic N) is 3. The van der Waals surface area contributed by atoms with Gasteiger partial charge in [0.2, 0.25) is 0 Å². The number of carbonyl (C=O) groups is 1. The molecule has 0 spiro atoms. The number of hydrogen-bond acceptors (Lipinski definition) is 4. The molecule has 1 aliphatic rings. The molecule has 0 bridgehead atoms. The molecular weight excluding hydrogens is 256 g/mol. The van der Waals surface area contributed by atoms with E-state index in [2.05, 4.69) is 10.3 Å². The molecule has 1 aromatic heterocycles. The third kappa shape index (κ3) is 3.96. The first kappa shape index (κ1) is 14.8. The molecule has 6 nitrogen and oxygen atoms in total. The van der Waals surface area contributed by atoms with Crippen LogP contribution >= 0.6 is 0 Å². The number of nitrogens with one attached hydrogen (secondary N) is 1. The second kappa shape index (κ2) is 7.28. The van der Waals surface area contributed by atoms with Crippen LogP contribution in [0.4, 0.5) is 4.79 Å². The predicted molar refractivity (Wildman–Crippen MR) is 76.5 cm³/mol. The van der Waals surface area contributed by atoms with Gasteiger partial charge in [-0.3, -0.25) is 0 Å². The molecule has 1 N–H and O–H groups in total. The molecule has 1 aromatic rings. The highest BCUT2D eigenvalue weighted by Gasteiger charge is 2.22. The smallest absolute Gasteiger partial charge is 0.409 e. The molecule has 0 unspecified atom stereocenters. The van der Waals surface area contributed by atoms with Gasteiger partial charge in [-0.1, -0.05) is 0 Å². The van der Waals surface area contributed by atoms with Gasteiger partial charge in [-0.05, 0) is 19.8 Å². The molecule has 1 fully saturated rings. The minimum atomic E-state index is -0.182. The summed E-state index contributed by atoms with van der Waals surface area (Å²) in [5.74, 6) is 1.10. The summed E-state index contributed by atoms with van der Waals surface area (Å²) < 4.78 is 7.06. The maximum atomic E-state index is 11.6. The molecule has 1 amide bonds. The van der Waals surface area contributed by atoms with Crippen molar-refractivity contribution in [2.45, 2.75) is 32.2 Å². The van der Waals surface area contributed by atoms with Crippen molar-refractivity contribution >= 4 is 6.09 Å². The summed E-state index contributed by atoms with van der Waals surface area (Å²) >= 11 is 0. The highest BCUT2D eigenvalue weighted by Crippen LogP contribution is 2.11. The second-order valence-corrected chi connectivity index (χ2v) is 5.12. The lowest BCUT2D eigenvalue weighted by atomic mass is 10.1. The van der Waals surface area contributed by atoms with E-state index in [1.807, 2.05) is 30.9 Å². The maximum absolute atomic E-state index is 11.6. The first-order valence-electron chi connectivity index (χ1n) is 7.32. The lowest BCUT2D eigenvalue weighted by Gasteiger charge is -2.31. The maximum Gasteiger partial charge on any atom is 0.409 e. The van der Waals surface area contributed by atoms with E-state index < -0.39 is 0 Å². The average molecular weight is 280 g/mol. The first-order valence-corrected chi connectivity index (χ1v) is 7.32. The summed E-state index contributed by atoms with van der Waals surface area (Å²) in [6.45, 7) is 4.76. The Kier molecular flexibility index (Phi) is 5.40. The highest BCUT2D eigenvalue weighted by atomic mass is 16.6. The fourth-order valence-electron chi connectivity index (χ4n) is 2.51. The van der Waals surface area contributed by atoms with E-state index in [0.717, 1.165) is 44.7 Å². The molecule has 0 saturated carbocycles. The van der Waals surface area contributed by atoms with Gasteiger partial charge in [0.1, 0.15) is 5.82 Å². The minimum absolute atomic E-state index is 0.182. The van der Waals surface area contributed by atoms with Crippen molar-refractivity contribution in [2.75, 3.05) is 26.2 Å². The van der Waals surface area contributed by atoms with Crippen LogP contribution in [0.1, 0.15) is 25.6 Å². The molecule has 0 aliphatic carbocycles. The van der Waals surface area contributed by atoms with Gasteiger partial charge < -0.3 is 19.5 Å². The molecule has 20 heavy (non-hydrogen) atoms. The van der Waals surface area contributed by atoms with Gasteiger partial charge in [-0.25, -0.2) is 9.78 Å². The highest BCUT2D eigenvalue weighted by molar-refractivity contribution is 5.67. The Labute approximate surface area is 120 Å². The quantitative estimate of drug-likeness (QED) is 0.879. The van der Waals surface area contributed by atoms with Gasteiger partial charge in [0.15, 0.2) is 0 Å². The van der Waals surface area contributed by atoms with E-state index in [4.69, 9.17) is 4.74 Å². The van der Waals surface area contributed by atoms with Crippen molar-refractivity contribution < 1.29 is 9.53 Å². The summed E-state index contributed by atoms with van der Waals surface area (Å²) in [6, 6.07) is 0.487. The van der Waals surface area contributed by atoms with Gasteiger partial charge in [0, 0.05) is 51.5 Å². The molecule has 6 heteroatoms. The number of imidazole rings is 1. The van der Waals surface area contributed by atoms with Crippen LogP contribution in [0, 0.1) is 0 Å². The molecule has 1 saturated heterocycles. The van der Waals surface area contributed by atoms with Crippen molar-refractivity contribution in [1.29, 1.82) is 0 Å². The van der Waals surface area contributed by atoms with Gasteiger partial charge in [0.25, 0.3) is 0 Å². The van der Waals surface area contributed by atoms with E-state index in [9.17, 15) is 4.79 Å². The number of amides is 1. The zero-order chi connectivity index (χ0) is 14.4. The zero-order valence-corrected chi connectivity index (χ0v) is 12.3. The van der Waals surface area contributed by atoms with Crippen LogP contribution in [0.5, 0.6) is 0 Å². The third-order valence-electron chi connectivity index (χ3n) is 3.72. The Morgan fingerprint density at radius 2 is 2.25 bits per heavy atom. The summed E-state index contributed by atoms with van der Waals surface area (Å²) in [6.07, 6.45) is 6.51.